The molecule has 1 fully saturated rings. The third-order valence-corrected chi connectivity index (χ3v) is 4.28. The molecular formula is C17H25NO3. The number of hydrogen-bond donors (Lipinski definition) is 2. The van der Waals surface area contributed by atoms with E-state index in [1.807, 2.05) is 24.3 Å². The topological polar surface area (TPSA) is 58.6 Å². The van der Waals surface area contributed by atoms with E-state index in [1.54, 1.807) is 7.11 Å². The minimum Gasteiger partial charge on any atom is -0.496 e. The Bertz CT molecular complexity index is 461. The fraction of sp³-hybridized carbons (Fsp3) is 0.588. The quantitative estimate of drug-likeness (QED) is 0.818. The molecule has 2 rings (SSSR count). The molecule has 1 aliphatic carbocycles. The highest BCUT2D eigenvalue weighted by atomic mass is 16.5. The Morgan fingerprint density at radius 1 is 1.29 bits per heavy atom. The number of benzene rings is 1. The molecule has 1 saturated carbocycles. The van der Waals surface area contributed by atoms with Crippen LogP contribution in [-0.4, -0.2) is 30.8 Å². The average molecular weight is 291 g/mol. The van der Waals surface area contributed by atoms with E-state index >= 15 is 0 Å². The number of methoxy groups -OCH3 is 1. The van der Waals surface area contributed by atoms with Gasteiger partial charge in [0, 0.05) is 24.1 Å². The molecule has 0 aliphatic heterocycles. The van der Waals surface area contributed by atoms with Crippen molar-refractivity contribution in [3.63, 3.8) is 0 Å². The molecule has 1 amide bonds. The highest BCUT2D eigenvalue weighted by Crippen LogP contribution is 2.24. The Kier molecular flexibility index (Phi) is 6.05. The molecule has 2 unspecified atom stereocenters. The maximum atomic E-state index is 12.3. The highest BCUT2D eigenvalue weighted by Gasteiger charge is 2.24. The minimum absolute atomic E-state index is 0.00449. The van der Waals surface area contributed by atoms with Crippen molar-refractivity contribution in [1.82, 2.24) is 5.32 Å². The summed E-state index contributed by atoms with van der Waals surface area (Å²) in [6, 6.07) is 7.68. The van der Waals surface area contributed by atoms with Crippen LogP contribution in [0.4, 0.5) is 0 Å². The molecule has 0 aromatic heterocycles. The van der Waals surface area contributed by atoms with Gasteiger partial charge >= 0.3 is 0 Å². The summed E-state index contributed by atoms with van der Waals surface area (Å²) in [5, 5.41) is 12.6. The second-order valence-electron chi connectivity index (χ2n) is 5.74. The van der Waals surface area contributed by atoms with Crippen molar-refractivity contribution in [1.29, 1.82) is 0 Å². The van der Waals surface area contributed by atoms with E-state index in [-0.39, 0.29) is 24.5 Å². The summed E-state index contributed by atoms with van der Waals surface area (Å²) in [5.74, 6) is 0.936. The molecule has 0 radical (unpaired) electrons. The first-order valence-electron chi connectivity index (χ1n) is 7.76. The van der Waals surface area contributed by atoms with Crippen molar-refractivity contribution in [2.24, 2.45) is 5.92 Å². The van der Waals surface area contributed by atoms with Gasteiger partial charge in [-0.25, -0.2) is 0 Å². The summed E-state index contributed by atoms with van der Waals surface area (Å²) in [7, 11) is 1.61. The van der Waals surface area contributed by atoms with E-state index in [1.165, 1.54) is 6.42 Å². The lowest BCUT2D eigenvalue weighted by atomic mass is 9.95. The van der Waals surface area contributed by atoms with Gasteiger partial charge in [0.1, 0.15) is 5.75 Å². The Morgan fingerprint density at radius 3 is 2.81 bits per heavy atom. The van der Waals surface area contributed by atoms with Gasteiger partial charge in [0.05, 0.1) is 13.5 Å². The predicted molar refractivity (Wildman–Crippen MR) is 82.3 cm³/mol. The largest absolute Gasteiger partial charge is 0.496 e. The Hall–Kier alpha value is -1.55. The van der Waals surface area contributed by atoms with Crippen molar-refractivity contribution in [2.75, 3.05) is 13.7 Å². The van der Waals surface area contributed by atoms with Gasteiger partial charge in [-0.2, -0.15) is 0 Å². The number of ether oxygens (including phenoxy) is 1. The standard InChI is InChI=1S/C17H25NO3/c1-21-16-10-6-5-7-13(16)11-17(20)18-15-9-4-2-3-8-14(15)12-19/h5-7,10,14-15,19H,2-4,8-9,11-12H2,1H3,(H,18,20). The summed E-state index contributed by atoms with van der Waals surface area (Å²) < 4.78 is 5.28. The molecular weight excluding hydrogens is 266 g/mol. The first kappa shape index (κ1) is 15.8. The smallest absolute Gasteiger partial charge is 0.224 e. The van der Waals surface area contributed by atoms with Crippen molar-refractivity contribution >= 4 is 5.91 Å². The predicted octanol–water partition coefficient (Wildman–Crippen LogP) is 2.30. The SMILES string of the molecule is COc1ccccc1CC(=O)NC1CCCCCC1CO. The summed E-state index contributed by atoms with van der Waals surface area (Å²) in [4.78, 5) is 12.3. The summed E-state index contributed by atoms with van der Waals surface area (Å²) in [6.45, 7) is 0.152. The monoisotopic (exact) mass is 291 g/mol. The summed E-state index contributed by atoms with van der Waals surface area (Å²) >= 11 is 0. The molecule has 4 heteroatoms. The third-order valence-electron chi connectivity index (χ3n) is 4.28. The van der Waals surface area contributed by atoms with Crippen LogP contribution in [0.25, 0.3) is 0 Å². The van der Waals surface area contributed by atoms with Crippen LogP contribution in [0.3, 0.4) is 0 Å². The number of aliphatic hydroxyl groups excluding tert-OH is 1. The van der Waals surface area contributed by atoms with Crippen LogP contribution in [0.5, 0.6) is 5.75 Å². The van der Waals surface area contributed by atoms with Crippen LogP contribution in [0.15, 0.2) is 24.3 Å². The van der Waals surface area contributed by atoms with Crippen LogP contribution in [0.2, 0.25) is 0 Å². The van der Waals surface area contributed by atoms with E-state index in [4.69, 9.17) is 4.74 Å². The zero-order valence-corrected chi connectivity index (χ0v) is 12.7. The van der Waals surface area contributed by atoms with Crippen LogP contribution < -0.4 is 10.1 Å². The molecule has 1 aromatic carbocycles. The molecule has 0 heterocycles. The highest BCUT2D eigenvalue weighted by molar-refractivity contribution is 5.79. The molecule has 2 atom stereocenters. The number of aliphatic hydroxyl groups is 1. The lowest BCUT2D eigenvalue weighted by Gasteiger charge is -2.24. The summed E-state index contributed by atoms with van der Waals surface area (Å²) in [6.07, 6.45) is 5.73. The van der Waals surface area contributed by atoms with Crippen LogP contribution >= 0.6 is 0 Å². The molecule has 0 saturated heterocycles. The van der Waals surface area contributed by atoms with Gasteiger partial charge in [-0.05, 0) is 18.9 Å². The second-order valence-corrected chi connectivity index (χ2v) is 5.74. The minimum atomic E-state index is 0.00449. The van der Waals surface area contributed by atoms with E-state index in [0.717, 1.165) is 37.0 Å². The molecule has 116 valence electrons. The second kappa shape index (κ2) is 8.03. The van der Waals surface area contributed by atoms with E-state index in [2.05, 4.69) is 5.32 Å². The van der Waals surface area contributed by atoms with Crippen molar-refractivity contribution in [2.45, 2.75) is 44.6 Å². The lowest BCUT2D eigenvalue weighted by Crippen LogP contribution is -2.41. The fourth-order valence-electron chi connectivity index (χ4n) is 3.07. The zero-order valence-electron chi connectivity index (χ0n) is 12.7. The van der Waals surface area contributed by atoms with Gasteiger partial charge in [-0.3, -0.25) is 4.79 Å². The van der Waals surface area contributed by atoms with Crippen LogP contribution in [0, 0.1) is 5.92 Å². The molecule has 0 bridgehead atoms. The molecule has 2 N–H and O–H groups in total. The molecule has 21 heavy (non-hydrogen) atoms. The zero-order chi connectivity index (χ0) is 15.1. The Labute approximate surface area is 126 Å². The van der Waals surface area contributed by atoms with Crippen LogP contribution in [0.1, 0.15) is 37.7 Å². The van der Waals surface area contributed by atoms with Gasteiger partial charge in [0.15, 0.2) is 0 Å². The number of carbonyl (C=O) groups is 1. The number of amides is 1. The first-order chi connectivity index (χ1) is 10.2. The first-order valence-corrected chi connectivity index (χ1v) is 7.76. The maximum Gasteiger partial charge on any atom is 0.224 e. The van der Waals surface area contributed by atoms with Gasteiger partial charge in [-0.1, -0.05) is 37.5 Å². The van der Waals surface area contributed by atoms with Crippen molar-refractivity contribution in [3.8, 4) is 5.75 Å². The number of hydrogen-bond acceptors (Lipinski definition) is 3. The normalized spacial score (nSPS) is 22.4. The summed E-state index contributed by atoms with van der Waals surface area (Å²) in [5.41, 5.74) is 0.895. The lowest BCUT2D eigenvalue weighted by molar-refractivity contribution is -0.121. The van der Waals surface area contributed by atoms with Gasteiger partial charge in [0.2, 0.25) is 5.91 Å². The molecule has 1 aromatic rings. The molecule has 4 nitrogen and oxygen atoms in total. The van der Waals surface area contributed by atoms with E-state index in [0.29, 0.717) is 6.42 Å². The van der Waals surface area contributed by atoms with Crippen molar-refractivity contribution < 1.29 is 14.6 Å². The Balaban J connectivity index is 1.96. The average Bonchev–Trinajstić information content (AvgIpc) is 2.72. The number of nitrogens with one attached hydrogen (secondary N) is 1. The molecule has 1 aliphatic rings. The van der Waals surface area contributed by atoms with Crippen LogP contribution in [-0.2, 0) is 11.2 Å². The third kappa shape index (κ3) is 4.46. The van der Waals surface area contributed by atoms with Gasteiger partial charge in [-0.15, -0.1) is 0 Å². The van der Waals surface area contributed by atoms with Gasteiger partial charge in [0.25, 0.3) is 0 Å². The number of rotatable bonds is 5. The van der Waals surface area contributed by atoms with E-state index in [9.17, 15) is 9.90 Å². The van der Waals surface area contributed by atoms with Gasteiger partial charge < -0.3 is 15.2 Å². The maximum absolute atomic E-state index is 12.3. The number of para-hydroxylation sites is 1. The molecule has 0 spiro atoms. The van der Waals surface area contributed by atoms with E-state index < -0.39 is 0 Å². The fourth-order valence-corrected chi connectivity index (χ4v) is 3.07. The number of carbonyl (C=O) groups excluding carboxylic acids is 1. The Morgan fingerprint density at radius 2 is 2.05 bits per heavy atom. The van der Waals surface area contributed by atoms with Crippen molar-refractivity contribution in [3.05, 3.63) is 29.8 Å².